The molecule has 0 bridgehead atoms. The number of aromatic nitrogens is 1. The van der Waals surface area contributed by atoms with Gasteiger partial charge in [0.1, 0.15) is 0 Å². The van der Waals surface area contributed by atoms with Gasteiger partial charge < -0.3 is 10.1 Å². The van der Waals surface area contributed by atoms with Crippen molar-refractivity contribution in [1.29, 1.82) is 0 Å². The summed E-state index contributed by atoms with van der Waals surface area (Å²) in [7, 11) is 0. The Bertz CT molecular complexity index is 262. The topological polar surface area (TPSA) is 53.1 Å². The Morgan fingerprint density at radius 2 is 2.45 bits per heavy atom. The molecule has 0 aliphatic carbocycles. The van der Waals surface area contributed by atoms with Crippen molar-refractivity contribution in [2.45, 2.75) is 6.42 Å². The smallest absolute Gasteiger partial charge is 0.331 e. The third-order valence-electron chi connectivity index (χ3n) is 1.37. The van der Waals surface area contributed by atoms with Gasteiger partial charge in [0.2, 0.25) is 0 Å². The zero-order valence-corrected chi connectivity index (χ0v) is 6.00. The van der Waals surface area contributed by atoms with Crippen LogP contribution < -0.4 is 0 Å². The van der Waals surface area contributed by atoms with Crippen molar-refractivity contribution in [2.24, 2.45) is 0 Å². The van der Waals surface area contributed by atoms with Gasteiger partial charge in [0, 0.05) is 23.9 Å². The molecule has 0 fully saturated rings. The van der Waals surface area contributed by atoms with Crippen molar-refractivity contribution >= 4 is 5.97 Å². The fourth-order valence-electron chi connectivity index (χ4n) is 0.783. The number of nitrogens with one attached hydrogen (secondary N) is 1. The number of carboxylic acid groups (broad SMARTS) is 1. The van der Waals surface area contributed by atoms with Crippen LogP contribution in [0, 0.1) is 0 Å². The lowest BCUT2D eigenvalue weighted by Crippen LogP contribution is -2.01. The molecular weight excluding hydrogens is 142 g/mol. The second-order valence-electron chi connectivity index (χ2n) is 2.28. The first-order valence-electron chi connectivity index (χ1n) is 3.23. The summed E-state index contributed by atoms with van der Waals surface area (Å²) in [5.41, 5.74) is 1.07. The average Bonchev–Trinajstić information content (AvgIpc) is 2.39. The molecule has 3 nitrogen and oxygen atoms in total. The van der Waals surface area contributed by atoms with Crippen LogP contribution in [0.15, 0.2) is 30.5 Å². The highest BCUT2D eigenvalue weighted by atomic mass is 16.4. The molecule has 2 N–H and O–H groups in total. The maximum absolute atomic E-state index is 10.3. The molecule has 3 heteroatoms. The van der Waals surface area contributed by atoms with E-state index in [-0.39, 0.29) is 5.57 Å². The third kappa shape index (κ3) is 1.97. The summed E-state index contributed by atoms with van der Waals surface area (Å²) >= 11 is 0. The van der Waals surface area contributed by atoms with Gasteiger partial charge >= 0.3 is 5.97 Å². The molecule has 1 aromatic heterocycles. The number of hydrogen-bond donors (Lipinski definition) is 2. The molecule has 0 aliphatic rings. The lowest BCUT2D eigenvalue weighted by Gasteiger charge is -1.95. The van der Waals surface area contributed by atoms with Crippen molar-refractivity contribution in [1.82, 2.24) is 4.98 Å². The normalized spacial score (nSPS) is 9.45. The predicted molar refractivity (Wildman–Crippen MR) is 41.3 cm³/mol. The first-order valence-corrected chi connectivity index (χ1v) is 3.23. The number of carboxylic acids is 1. The molecular formula is C8H9NO2. The Hall–Kier alpha value is -1.51. The van der Waals surface area contributed by atoms with E-state index < -0.39 is 5.97 Å². The van der Waals surface area contributed by atoms with Gasteiger partial charge in [0.05, 0.1) is 0 Å². The summed E-state index contributed by atoms with van der Waals surface area (Å²) in [6.45, 7) is 3.41. The second-order valence-corrected chi connectivity index (χ2v) is 2.28. The second kappa shape index (κ2) is 3.05. The minimum atomic E-state index is -0.945. The summed E-state index contributed by atoms with van der Waals surface area (Å²) < 4.78 is 0. The molecule has 0 aliphatic heterocycles. The minimum Gasteiger partial charge on any atom is -0.478 e. The lowest BCUT2D eigenvalue weighted by molar-refractivity contribution is -0.132. The van der Waals surface area contributed by atoms with Gasteiger partial charge in [-0.2, -0.15) is 0 Å². The fourth-order valence-corrected chi connectivity index (χ4v) is 0.783. The zero-order chi connectivity index (χ0) is 8.27. The Morgan fingerprint density at radius 3 is 2.91 bits per heavy atom. The van der Waals surface area contributed by atoms with Crippen LogP contribution in [-0.4, -0.2) is 16.1 Å². The zero-order valence-electron chi connectivity index (χ0n) is 6.00. The van der Waals surface area contributed by atoms with Gasteiger partial charge in [-0.3, -0.25) is 0 Å². The van der Waals surface area contributed by atoms with Crippen molar-refractivity contribution in [3.05, 3.63) is 36.2 Å². The Kier molecular flexibility index (Phi) is 2.11. The maximum atomic E-state index is 10.3. The van der Waals surface area contributed by atoms with Crippen LogP contribution in [0.25, 0.3) is 0 Å². The summed E-state index contributed by atoms with van der Waals surface area (Å²) in [4.78, 5) is 13.2. The summed E-state index contributed by atoms with van der Waals surface area (Å²) in [6.07, 6.45) is 2.13. The minimum absolute atomic E-state index is 0.201. The van der Waals surface area contributed by atoms with E-state index in [4.69, 9.17) is 5.11 Å². The number of aliphatic carboxylic acids is 1. The fraction of sp³-hybridized carbons (Fsp3) is 0.125. The first-order chi connectivity index (χ1) is 5.20. The van der Waals surface area contributed by atoms with E-state index in [0.717, 1.165) is 5.69 Å². The molecule has 0 radical (unpaired) electrons. The monoisotopic (exact) mass is 151 g/mol. The molecule has 0 spiro atoms. The van der Waals surface area contributed by atoms with Crippen LogP contribution >= 0.6 is 0 Å². The van der Waals surface area contributed by atoms with E-state index in [9.17, 15) is 4.79 Å². The summed E-state index contributed by atoms with van der Waals surface area (Å²) in [5, 5.41) is 8.47. The Labute approximate surface area is 64.4 Å². The number of hydrogen-bond acceptors (Lipinski definition) is 1. The molecule has 0 atom stereocenters. The SMILES string of the molecule is C=C(Cc1ccc[nH]1)C(=O)O. The molecule has 0 amide bonds. The largest absolute Gasteiger partial charge is 0.478 e. The average molecular weight is 151 g/mol. The van der Waals surface area contributed by atoms with Crippen molar-refractivity contribution in [3.63, 3.8) is 0 Å². The van der Waals surface area contributed by atoms with Gasteiger partial charge in [0.25, 0.3) is 0 Å². The molecule has 0 unspecified atom stereocenters. The summed E-state index contributed by atoms with van der Waals surface area (Å²) in [5.74, 6) is -0.945. The lowest BCUT2D eigenvalue weighted by atomic mass is 10.2. The van der Waals surface area contributed by atoms with Crippen molar-refractivity contribution in [2.75, 3.05) is 0 Å². The van der Waals surface area contributed by atoms with Crippen LogP contribution in [0.4, 0.5) is 0 Å². The molecule has 0 aromatic carbocycles. The van der Waals surface area contributed by atoms with E-state index in [1.165, 1.54) is 0 Å². The van der Waals surface area contributed by atoms with Crippen LogP contribution in [-0.2, 0) is 11.2 Å². The molecule has 0 saturated carbocycles. The van der Waals surface area contributed by atoms with Crippen LogP contribution in [0.5, 0.6) is 0 Å². The summed E-state index contributed by atoms with van der Waals surface area (Å²) in [6, 6.07) is 3.65. The van der Waals surface area contributed by atoms with E-state index in [1.807, 2.05) is 12.1 Å². The van der Waals surface area contributed by atoms with Gasteiger partial charge in [-0.1, -0.05) is 6.58 Å². The quantitative estimate of drug-likeness (QED) is 0.638. The van der Waals surface area contributed by atoms with Gasteiger partial charge in [-0.15, -0.1) is 0 Å². The van der Waals surface area contributed by atoms with E-state index >= 15 is 0 Å². The van der Waals surface area contributed by atoms with Crippen LogP contribution in [0.1, 0.15) is 5.69 Å². The van der Waals surface area contributed by atoms with Crippen LogP contribution in [0.2, 0.25) is 0 Å². The Balaban J connectivity index is 2.57. The third-order valence-corrected chi connectivity index (χ3v) is 1.37. The van der Waals surface area contributed by atoms with Crippen molar-refractivity contribution in [3.8, 4) is 0 Å². The highest BCUT2D eigenvalue weighted by Crippen LogP contribution is 2.02. The molecule has 58 valence electrons. The molecule has 1 heterocycles. The number of H-pyrrole nitrogens is 1. The van der Waals surface area contributed by atoms with Gasteiger partial charge in [-0.05, 0) is 12.1 Å². The maximum Gasteiger partial charge on any atom is 0.331 e. The molecule has 11 heavy (non-hydrogen) atoms. The standard InChI is InChI=1S/C8H9NO2/c1-6(8(10)11)5-7-3-2-4-9-7/h2-4,9H,1,5H2,(H,10,11). The van der Waals surface area contributed by atoms with E-state index in [0.29, 0.717) is 6.42 Å². The van der Waals surface area contributed by atoms with Crippen molar-refractivity contribution < 1.29 is 9.90 Å². The van der Waals surface area contributed by atoms with E-state index in [2.05, 4.69) is 11.6 Å². The first kappa shape index (κ1) is 7.60. The number of aromatic amines is 1. The Morgan fingerprint density at radius 1 is 1.73 bits per heavy atom. The number of carbonyl (C=O) groups is 1. The van der Waals surface area contributed by atoms with Gasteiger partial charge in [0.15, 0.2) is 0 Å². The molecule has 1 aromatic rings. The number of rotatable bonds is 3. The van der Waals surface area contributed by atoms with Crippen LogP contribution in [0.3, 0.4) is 0 Å². The highest BCUT2D eigenvalue weighted by Gasteiger charge is 2.04. The predicted octanol–water partition coefficient (Wildman–Crippen LogP) is 1.20. The van der Waals surface area contributed by atoms with Gasteiger partial charge in [-0.25, -0.2) is 4.79 Å². The molecule has 1 rings (SSSR count). The van der Waals surface area contributed by atoms with E-state index in [1.54, 1.807) is 6.20 Å². The highest BCUT2D eigenvalue weighted by molar-refractivity contribution is 5.86. The molecule has 0 saturated heterocycles.